The summed E-state index contributed by atoms with van der Waals surface area (Å²) in [4.78, 5) is 4.03. The highest BCUT2D eigenvalue weighted by Crippen LogP contribution is 2.30. The summed E-state index contributed by atoms with van der Waals surface area (Å²) in [5, 5.41) is 12.4. The zero-order valence-corrected chi connectivity index (χ0v) is 10.1. The number of halogens is 1. The molecule has 0 unspecified atom stereocenters. The van der Waals surface area contributed by atoms with E-state index in [1.165, 1.54) is 0 Å². The van der Waals surface area contributed by atoms with E-state index in [-0.39, 0.29) is 12.0 Å². The van der Waals surface area contributed by atoms with E-state index in [2.05, 4.69) is 31.1 Å². The fraction of sp³-hybridized carbons (Fsp3) is 0.545. The summed E-state index contributed by atoms with van der Waals surface area (Å²) in [7, 11) is 0. The zero-order valence-electron chi connectivity index (χ0n) is 9.34. The van der Waals surface area contributed by atoms with E-state index in [0.717, 1.165) is 11.3 Å². The van der Waals surface area contributed by atoms with E-state index >= 15 is 0 Å². The molecule has 1 aromatic rings. The van der Waals surface area contributed by atoms with Crippen LogP contribution in [0.25, 0.3) is 0 Å². The van der Waals surface area contributed by atoms with Gasteiger partial charge in [-0.1, -0.05) is 32.4 Å². The van der Waals surface area contributed by atoms with E-state index in [4.69, 9.17) is 16.7 Å². The van der Waals surface area contributed by atoms with E-state index in [0.29, 0.717) is 11.7 Å². The average Bonchev–Trinajstić information content (AvgIpc) is 2.14. The molecule has 0 radical (unpaired) electrons. The second kappa shape index (κ2) is 4.81. The molecule has 0 spiro atoms. The van der Waals surface area contributed by atoms with Crippen molar-refractivity contribution in [2.24, 2.45) is 0 Å². The van der Waals surface area contributed by atoms with Gasteiger partial charge in [-0.05, 0) is 17.0 Å². The number of anilines is 1. The molecule has 0 atom stereocenters. The lowest BCUT2D eigenvalue weighted by Gasteiger charge is -2.23. The molecule has 0 aromatic carbocycles. The Hall–Kier alpha value is -0.800. The Kier molecular flexibility index (Phi) is 3.94. The van der Waals surface area contributed by atoms with Gasteiger partial charge in [0.25, 0.3) is 0 Å². The van der Waals surface area contributed by atoms with E-state index < -0.39 is 0 Å². The van der Waals surface area contributed by atoms with Crippen LogP contribution in [0.2, 0.25) is 5.15 Å². The minimum absolute atomic E-state index is 0.00433. The molecule has 15 heavy (non-hydrogen) atoms. The van der Waals surface area contributed by atoms with Gasteiger partial charge in [-0.2, -0.15) is 0 Å². The summed E-state index contributed by atoms with van der Waals surface area (Å²) < 4.78 is 0. The molecular formula is C11H17ClN2O. The largest absolute Gasteiger partial charge is 0.395 e. The maximum Gasteiger partial charge on any atom is 0.129 e. The molecule has 0 bridgehead atoms. The fourth-order valence-corrected chi connectivity index (χ4v) is 1.54. The highest BCUT2D eigenvalue weighted by molar-refractivity contribution is 6.29. The van der Waals surface area contributed by atoms with Gasteiger partial charge in [0.1, 0.15) is 5.15 Å². The Bertz CT molecular complexity index is 334. The summed E-state index contributed by atoms with van der Waals surface area (Å²) in [5.41, 5.74) is 2.04. The maximum absolute atomic E-state index is 8.77. The van der Waals surface area contributed by atoms with Crippen LogP contribution in [0.3, 0.4) is 0 Å². The Morgan fingerprint density at radius 2 is 2.13 bits per heavy atom. The van der Waals surface area contributed by atoms with Crippen LogP contribution in [0.4, 0.5) is 5.69 Å². The first-order valence-electron chi connectivity index (χ1n) is 4.96. The summed E-state index contributed by atoms with van der Waals surface area (Å²) in [6.07, 6.45) is 1.71. The van der Waals surface area contributed by atoms with Crippen molar-refractivity contribution in [1.29, 1.82) is 0 Å². The minimum Gasteiger partial charge on any atom is -0.395 e. The van der Waals surface area contributed by atoms with Crippen LogP contribution in [-0.2, 0) is 5.41 Å². The van der Waals surface area contributed by atoms with Crippen LogP contribution in [0.1, 0.15) is 26.3 Å². The lowest BCUT2D eigenvalue weighted by molar-refractivity contribution is 0.311. The molecule has 3 nitrogen and oxygen atoms in total. The molecule has 0 saturated carbocycles. The van der Waals surface area contributed by atoms with Gasteiger partial charge in [0.05, 0.1) is 18.5 Å². The second-order valence-corrected chi connectivity index (χ2v) is 4.84. The SMILES string of the molecule is CC(C)(C)c1cc(Cl)ncc1NCCO. The number of hydrogen-bond donors (Lipinski definition) is 2. The minimum atomic E-state index is 0.00433. The predicted octanol–water partition coefficient (Wildman–Crippen LogP) is 2.44. The van der Waals surface area contributed by atoms with Gasteiger partial charge >= 0.3 is 0 Å². The first-order valence-corrected chi connectivity index (χ1v) is 5.33. The van der Waals surface area contributed by atoms with Crippen molar-refractivity contribution >= 4 is 17.3 Å². The van der Waals surface area contributed by atoms with Crippen molar-refractivity contribution in [3.05, 3.63) is 23.0 Å². The molecular weight excluding hydrogens is 212 g/mol. The number of aliphatic hydroxyl groups is 1. The van der Waals surface area contributed by atoms with Crippen molar-refractivity contribution in [3.63, 3.8) is 0 Å². The normalized spacial score (nSPS) is 11.5. The Morgan fingerprint density at radius 1 is 1.47 bits per heavy atom. The third kappa shape index (κ3) is 3.36. The maximum atomic E-state index is 8.77. The van der Waals surface area contributed by atoms with Gasteiger partial charge in [-0.15, -0.1) is 0 Å². The molecule has 0 saturated heterocycles. The van der Waals surface area contributed by atoms with E-state index in [1.54, 1.807) is 6.20 Å². The number of nitrogens with zero attached hydrogens (tertiary/aromatic N) is 1. The van der Waals surface area contributed by atoms with Crippen molar-refractivity contribution in [3.8, 4) is 0 Å². The summed E-state index contributed by atoms with van der Waals surface area (Å²) in [5.74, 6) is 0. The van der Waals surface area contributed by atoms with Gasteiger partial charge in [-0.3, -0.25) is 0 Å². The van der Waals surface area contributed by atoms with Crippen molar-refractivity contribution in [1.82, 2.24) is 4.98 Å². The lowest BCUT2D eigenvalue weighted by Crippen LogP contribution is -2.16. The molecule has 1 rings (SSSR count). The summed E-state index contributed by atoms with van der Waals surface area (Å²) >= 11 is 5.87. The Labute approximate surface area is 95.5 Å². The standard InChI is InChI=1S/C11H17ClN2O/c1-11(2,3)8-6-10(12)14-7-9(8)13-4-5-15/h6-7,13,15H,4-5H2,1-3H3. The molecule has 1 heterocycles. The number of hydrogen-bond acceptors (Lipinski definition) is 3. The van der Waals surface area contributed by atoms with Gasteiger partial charge in [0.2, 0.25) is 0 Å². The molecule has 0 amide bonds. The molecule has 2 N–H and O–H groups in total. The monoisotopic (exact) mass is 228 g/mol. The van der Waals surface area contributed by atoms with Crippen molar-refractivity contribution in [2.75, 3.05) is 18.5 Å². The Balaban J connectivity index is 3.04. The third-order valence-corrected chi connectivity index (χ3v) is 2.31. The molecule has 0 aliphatic carbocycles. The molecule has 1 aromatic heterocycles. The number of rotatable bonds is 3. The number of pyridine rings is 1. The molecule has 4 heteroatoms. The van der Waals surface area contributed by atoms with Gasteiger partial charge in [0, 0.05) is 6.54 Å². The third-order valence-electron chi connectivity index (χ3n) is 2.11. The second-order valence-electron chi connectivity index (χ2n) is 4.45. The zero-order chi connectivity index (χ0) is 11.5. The molecule has 0 fully saturated rings. The van der Waals surface area contributed by atoms with E-state index in [9.17, 15) is 0 Å². The fourth-order valence-electron chi connectivity index (χ4n) is 1.38. The number of aliphatic hydroxyl groups excluding tert-OH is 1. The summed E-state index contributed by atoms with van der Waals surface area (Å²) in [6.45, 7) is 6.97. The van der Waals surface area contributed by atoms with Gasteiger partial charge in [-0.25, -0.2) is 4.98 Å². The topological polar surface area (TPSA) is 45.2 Å². The highest BCUT2D eigenvalue weighted by atomic mass is 35.5. The van der Waals surface area contributed by atoms with Gasteiger partial charge in [0.15, 0.2) is 0 Å². The number of aromatic nitrogens is 1. The van der Waals surface area contributed by atoms with Crippen LogP contribution >= 0.6 is 11.6 Å². The molecule has 84 valence electrons. The first kappa shape index (κ1) is 12.3. The van der Waals surface area contributed by atoms with Crippen LogP contribution in [0.15, 0.2) is 12.3 Å². The van der Waals surface area contributed by atoms with Crippen molar-refractivity contribution < 1.29 is 5.11 Å². The van der Waals surface area contributed by atoms with Crippen LogP contribution < -0.4 is 5.32 Å². The predicted molar refractivity (Wildman–Crippen MR) is 63.5 cm³/mol. The molecule has 0 aliphatic heterocycles. The van der Waals surface area contributed by atoms with Crippen LogP contribution in [-0.4, -0.2) is 23.2 Å². The van der Waals surface area contributed by atoms with Gasteiger partial charge < -0.3 is 10.4 Å². The van der Waals surface area contributed by atoms with Crippen molar-refractivity contribution in [2.45, 2.75) is 26.2 Å². The van der Waals surface area contributed by atoms with E-state index in [1.807, 2.05) is 6.07 Å². The highest BCUT2D eigenvalue weighted by Gasteiger charge is 2.18. The van der Waals surface area contributed by atoms with Crippen LogP contribution in [0, 0.1) is 0 Å². The molecule has 0 aliphatic rings. The first-order chi connectivity index (χ1) is 6.95. The van der Waals surface area contributed by atoms with Crippen LogP contribution in [0.5, 0.6) is 0 Å². The average molecular weight is 229 g/mol. The quantitative estimate of drug-likeness (QED) is 0.782. The number of nitrogens with one attached hydrogen (secondary N) is 1. The lowest BCUT2D eigenvalue weighted by atomic mass is 9.86. The Morgan fingerprint density at radius 3 is 2.67 bits per heavy atom. The smallest absolute Gasteiger partial charge is 0.129 e. The summed E-state index contributed by atoms with van der Waals surface area (Å²) in [6, 6.07) is 1.86.